The van der Waals surface area contributed by atoms with Gasteiger partial charge >= 0.3 is 0 Å². The Bertz CT molecular complexity index is 145. The Morgan fingerprint density at radius 3 is 1.90 bits per heavy atom. The molecule has 1 unspecified atom stereocenters. The maximum absolute atomic E-state index is 12.2. The molecular formula is C7H12F2O. The van der Waals surface area contributed by atoms with Crippen molar-refractivity contribution in [3.8, 4) is 0 Å². The lowest BCUT2D eigenvalue weighted by molar-refractivity contribution is 0.00353. The molecule has 0 amide bonds. The smallest absolute Gasteiger partial charge is 0.246 e. The molecule has 0 heterocycles. The minimum absolute atomic E-state index is 0.365. The van der Waals surface area contributed by atoms with Crippen molar-refractivity contribution in [2.75, 3.05) is 6.61 Å². The quantitative estimate of drug-likeness (QED) is 0.634. The number of aliphatic hydroxyl groups excluding tert-OH is 1. The number of hydrogen-bond acceptors (Lipinski definition) is 1. The molecule has 1 atom stereocenters. The van der Waals surface area contributed by atoms with Gasteiger partial charge in [-0.1, -0.05) is 13.8 Å². The average Bonchev–Trinajstić information content (AvgIpc) is 2.35. The van der Waals surface area contributed by atoms with Gasteiger partial charge in [0.1, 0.15) is 0 Å². The van der Waals surface area contributed by atoms with Gasteiger partial charge in [-0.25, -0.2) is 8.78 Å². The van der Waals surface area contributed by atoms with Crippen molar-refractivity contribution in [2.24, 2.45) is 10.8 Å². The first-order valence-corrected chi connectivity index (χ1v) is 3.35. The van der Waals surface area contributed by atoms with E-state index >= 15 is 0 Å². The van der Waals surface area contributed by atoms with Gasteiger partial charge in [-0.15, -0.1) is 0 Å². The highest BCUT2D eigenvalue weighted by Gasteiger charge is 2.66. The van der Waals surface area contributed by atoms with Crippen LogP contribution in [-0.4, -0.2) is 18.1 Å². The third-order valence-electron chi connectivity index (χ3n) is 2.68. The van der Waals surface area contributed by atoms with Crippen molar-refractivity contribution < 1.29 is 13.9 Å². The van der Waals surface area contributed by atoms with E-state index in [0.29, 0.717) is 6.42 Å². The molecule has 1 nitrogen and oxygen atoms in total. The van der Waals surface area contributed by atoms with Crippen LogP contribution in [-0.2, 0) is 0 Å². The Balaban J connectivity index is 2.68. The molecule has 3 heteroatoms. The first kappa shape index (κ1) is 7.92. The number of alkyl halides is 2. The maximum atomic E-state index is 12.2. The molecule has 1 rings (SSSR count). The second-order valence-corrected chi connectivity index (χ2v) is 3.68. The fourth-order valence-corrected chi connectivity index (χ4v) is 1.46. The zero-order chi connectivity index (χ0) is 7.99. The van der Waals surface area contributed by atoms with Crippen LogP contribution in [0.1, 0.15) is 20.3 Å². The van der Waals surface area contributed by atoms with Crippen molar-refractivity contribution in [1.82, 2.24) is 0 Å². The molecule has 0 aromatic rings. The molecule has 0 spiro atoms. The summed E-state index contributed by atoms with van der Waals surface area (Å²) >= 11 is 0. The highest BCUT2D eigenvalue weighted by molar-refractivity contribution is 5.10. The van der Waals surface area contributed by atoms with E-state index in [2.05, 4.69) is 0 Å². The first-order valence-electron chi connectivity index (χ1n) is 3.35. The Kier molecular flexibility index (Phi) is 1.51. The molecule has 0 radical (unpaired) electrons. The summed E-state index contributed by atoms with van der Waals surface area (Å²) < 4.78 is 24.4. The SMILES string of the molecule is CC1(C)CC1(CO)C(F)F. The predicted octanol–water partition coefficient (Wildman–Crippen LogP) is 1.66. The standard InChI is InChI=1S/C7H12F2O/c1-6(2)3-7(6,4-10)5(8)9/h5,10H,3-4H2,1-2H3. The molecule has 0 aromatic heterocycles. The minimum Gasteiger partial charge on any atom is -0.396 e. The summed E-state index contributed by atoms with van der Waals surface area (Å²) in [6, 6.07) is 0. The van der Waals surface area contributed by atoms with Crippen LogP contribution < -0.4 is 0 Å². The van der Waals surface area contributed by atoms with Crippen LogP contribution in [0.25, 0.3) is 0 Å². The van der Waals surface area contributed by atoms with Crippen LogP contribution in [0.15, 0.2) is 0 Å². The van der Waals surface area contributed by atoms with Crippen LogP contribution >= 0.6 is 0 Å². The molecule has 1 saturated carbocycles. The zero-order valence-corrected chi connectivity index (χ0v) is 6.19. The van der Waals surface area contributed by atoms with E-state index < -0.39 is 18.4 Å². The molecule has 1 aliphatic rings. The van der Waals surface area contributed by atoms with Crippen molar-refractivity contribution >= 4 is 0 Å². The van der Waals surface area contributed by atoms with Crippen LogP contribution in [0.4, 0.5) is 8.78 Å². The van der Waals surface area contributed by atoms with Gasteiger partial charge in [0, 0.05) is 0 Å². The highest BCUT2D eigenvalue weighted by Crippen LogP contribution is 2.66. The van der Waals surface area contributed by atoms with E-state index in [0.717, 1.165) is 0 Å². The summed E-state index contributed by atoms with van der Waals surface area (Å²) in [7, 11) is 0. The minimum atomic E-state index is -2.38. The van der Waals surface area contributed by atoms with Crippen LogP contribution in [0.5, 0.6) is 0 Å². The zero-order valence-electron chi connectivity index (χ0n) is 6.19. The molecule has 0 bridgehead atoms. The fourth-order valence-electron chi connectivity index (χ4n) is 1.46. The summed E-state index contributed by atoms with van der Waals surface area (Å²) in [6.45, 7) is 3.13. The summed E-state index contributed by atoms with van der Waals surface area (Å²) in [5, 5.41) is 8.68. The van der Waals surface area contributed by atoms with E-state index in [1.54, 1.807) is 13.8 Å². The van der Waals surface area contributed by atoms with Gasteiger partial charge in [-0.3, -0.25) is 0 Å². The van der Waals surface area contributed by atoms with Gasteiger partial charge in [-0.05, 0) is 11.8 Å². The van der Waals surface area contributed by atoms with Crippen molar-refractivity contribution in [2.45, 2.75) is 26.7 Å². The molecule has 1 N–H and O–H groups in total. The molecule has 10 heavy (non-hydrogen) atoms. The van der Waals surface area contributed by atoms with Gasteiger partial charge in [0.25, 0.3) is 0 Å². The summed E-state index contributed by atoms with van der Waals surface area (Å²) in [5.41, 5.74) is -1.46. The van der Waals surface area contributed by atoms with Gasteiger partial charge in [0.2, 0.25) is 6.43 Å². The summed E-state index contributed by atoms with van der Waals surface area (Å²) in [5.74, 6) is 0. The van der Waals surface area contributed by atoms with Crippen molar-refractivity contribution in [1.29, 1.82) is 0 Å². The molecule has 60 valence electrons. The second-order valence-electron chi connectivity index (χ2n) is 3.68. The molecule has 1 fully saturated rings. The lowest BCUT2D eigenvalue weighted by Gasteiger charge is -2.15. The van der Waals surface area contributed by atoms with E-state index in [4.69, 9.17) is 5.11 Å². The number of rotatable bonds is 2. The average molecular weight is 150 g/mol. The van der Waals surface area contributed by atoms with Crippen molar-refractivity contribution in [3.63, 3.8) is 0 Å². The van der Waals surface area contributed by atoms with E-state index in [1.807, 2.05) is 0 Å². The number of aliphatic hydroxyl groups is 1. The third-order valence-corrected chi connectivity index (χ3v) is 2.68. The molecule has 0 saturated heterocycles. The van der Waals surface area contributed by atoms with E-state index in [-0.39, 0.29) is 5.41 Å². The second kappa shape index (κ2) is 1.91. The predicted molar refractivity (Wildman–Crippen MR) is 33.9 cm³/mol. The monoisotopic (exact) mass is 150 g/mol. The maximum Gasteiger partial charge on any atom is 0.246 e. The van der Waals surface area contributed by atoms with Gasteiger partial charge in [0.05, 0.1) is 12.0 Å². The lowest BCUT2D eigenvalue weighted by Crippen LogP contribution is -2.22. The van der Waals surface area contributed by atoms with Gasteiger partial charge in [0.15, 0.2) is 0 Å². The van der Waals surface area contributed by atoms with Crippen LogP contribution in [0.3, 0.4) is 0 Å². The molecular weight excluding hydrogens is 138 g/mol. The third kappa shape index (κ3) is 0.764. The Labute approximate surface area is 59.0 Å². The topological polar surface area (TPSA) is 20.2 Å². The Morgan fingerprint density at radius 1 is 1.50 bits per heavy atom. The summed E-state index contributed by atoms with van der Waals surface area (Å²) in [6.07, 6.45) is -1.94. The molecule has 0 aliphatic heterocycles. The van der Waals surface area contributed by atoms with Crippen molar-refractivity contribution in [3.05, 3.63) is 0 Å². The Morgan fingerprint density at radius 2 is 1.90 bits per heavy atom. The molecule has 0 aromatic carbocycles. The van der Waals surface area contributed by atoms with Gasteiger partial charge < -0.3 is 5.11 Å². The summed E-state index contributed by atoms with van der Waals surface area (Å²) in [4.78, 5) is 0. The van der Waals surface area contributed by atoms with E-state index in [9.17, 15) is 8.78 Å². The Hall–Kier alpha value is -0.180. The molecule has 1 aliphatic carbocycles. The number of hydrogen-bond donors (Lipinski definition) is 1. The highest BCUT2D eigenvalue weighted by atomic mass is 19.3. The normalized spacial score (nSPS) is 36.6. The largest absolute Gasteiger partial charge is 0.396 e. The fraction of sp³-hybridized carbons (Fsp3) is 1.00. The van der Waals surface area contributed by atoms with E-state index in [1.165, 1.54) is 0 Å². The van der Waals surface area contributed by atoms with Crippen LogP contribution in [0, 0.1) is 10.8 Å². The lowest BCUT2D eigenvalue weighted by atomic mass is 9.98. The van der Waals surface area contributed by atoms with Gasteiger partial charge in [-0.2, -0.15) is 0 Å². The number of halogens is 2. The first-order chi connectivity index (χ1) is 4.46. The van der Waals surface area contributed by atoms with Crippen LogP contribution in [0.2, 0.25) is 0 Å².